The second-order valence-corrected chi connectivity index (χ2v) is 9.72. The molecule has 0 aliphatic heterocycles. The Balaban J connectivity index is 4.96. The maximum Gasteiger partial charge on any atom is 0.312 e. The molecule has 0 radical (unpaired) electrons. The minimum absolute atomic E-state index is 0.0689. The van der Waals surface area contributed by atoms with E-state index in [2.05, 4.69) is 62.3 Å². The highest BCUT2D eigenvalue weighted by atomic mass is 16.6. The summed E-state index contributed by atoms with van der Waals surface area (Å²) in [6.45, 7) is 22.6. The van der Waals surface area contributed by atoms with E-state index in [1.807, 2.05) is 6.92 Å². The number of esters is 1. The minimum Gasteiger partial charge on any atom is -0.459 e. The molecule has 0 aromatic rings. The van der Waals surface area contributed by atoms with Gasteiger partial charge in [0.05, 0.1) is 12.0 Å². The topological polar surface area (TPSA) is 35.5 Å². The van der Waals surface area contributed by atoms with E-state index in [9.17, 15) is 4.79 Å². The molecule has 0 spiro atoms. The molecule has 0 saturated heterocycles. The molecule has 144 valence electrons. The zero-order valence-corrected chi connectivity index (χ0v) is 17.9. The molecule has 3 heteroatoms. The van der Waals surface area contributed by atoms with Crippen LogP contribution in [0.1, 0.15) is 88.5 Å². The van der Waals surface area contributed by atoms with Gasteiger partial charge in [0.2, 0.25) is 0 Å². The predicted octanol–water partition coefficient (Wildman–Crippen LogP) is 5.86. The van der Waals surface area contributed by atoms with Crippen LogP contribution in [0.3, 0.4) is 0 Å². The van der Waals surface area contributed by atoms with Gasteiger partial charge in [0.1, 0.15) is 5.60 Å². The first-order valence-electron chi connectivity index (χ1n) is 9.57. The molecule has 0 aromatic carbocycles. The lowest BCUT2D eigenvalue weighted by atomic mass is 9.68. The van der Waals surface area contributed by atoms with Gasteiger partial charge in [-0.25, -0.2) is 0 Å². The van der Waals surface area contributed by atoms with Crippen molar-refractivity contribution in [3.63, 3.8) is 0 Å². The molecule has 0 fully saturated rings. The van der Waals surface area contributed by atoms with Gasteiger partial charge in [-0.3, -0.25) is 4.79 Å². The molecule has 2 atom stereocenters. The molecule has 0 aliphatic rings. The lowest BCUT2D eigenvalue weighted by molar-refractivity contribution is -0.177. The first-order valence-corrected chi connectivity index (χ1v) is 9.57. The highest BCUT2D eigenvalue weighted by Gasteiger charge is 2.43. The maximum atomic E-state index is 13.0. The average Bonchev–Trinajstić information content (AvgIpc) is 2.41. The van der Waals surface area contributed by atoms with E-state index in [-0.39, 0.29) is 17.3 Å². The summed E-state index contributed by atoms with van der Waals surface area (Å²) in [5.74, 6) is 0.694. The van der Waals surface area contributed by atoms with Crippen LogP contribution in [-0.2, 0) is 14.3 Å². The molecule has 2 unspecified atom stereocenters. The number of hydrogen-bond acceptors (Lipinski definition) is 3. The van der Waals surface area contributed by atoms with Gasteiger partial charge < -0.3 is 9.47 Å². The van der Waals surface area contributed by atoms with Crippen molar-refractivity contribution in [3.8, 4) is 0 Å². The van der Waals surface area contributed by atoms with Gasteiger partial charge in [-0.2, -0.15) is 0 Å². The third kappa shape index (κ3) is 8.00. The predicted molar refractivity (Wildman–Crippen MR) is 102 cm³/mol. The number of carbonyl (C=O) groups excluding carboxylic acids is 1. The third-order valence-electron chi connectivity index (χ3n) is 4.95. The van der Waals surface area contributed by atoms with E-state index in [4.69, 9.17) is 9.47 Å². The van der Waals surface area contributed by atoms with Crippen molar-refractivity contribution in [2.45, 2.75) is 94.1 Å². The second kappa shape index (κ2) is 9.22. The Morgan fingerprint density at radius 1 is 1.00 bits per heavy atom. The van der Waals surface area contributed by atoms with E-state index < -0.39 is 11.0 Å². The van der Waals surface area contributed by atoms with Crippen LogP contribution in [0, 0.1) is 22.7 Å². The quantitative estimate of drug-likeness (QED) is 0.368. The van der Waals surface area contributed by atoms with E-state index >= 15 is 0 Å². The number of rotatable bonds is 10. The summed E-state index contributed by atoms with van der Waals surface area (Å²) in [6, 6.07) is 0. The smallest absolute Gasteiger partial charge is 0.312 e. The lowest BCUT2D eigenvalue weighted by Gasteiger charge is -2.40. The summed E-state index contributed by atoms with van der Waals surface area (Å²) in [4.78, 5) is 13.0. The summed E-state index contributed by atoms with van der Waals surface area (Å²) in [6.07, 6.45) is 2.36. The number of ether oxygens (including phenoxy) is 2. The van der Waals surface area contributed by atoms with E-state index in [0.717, 1.165) is 25.9 Å². The van der Waals surface area contributed by atoms with E-state index in [1.165, 1.54) is 0 Å². The van der Waals surface area contributed by atoms with Crippen LogP contribution in [0.5, 0.6) is 0 Å². The molecule has 0 saturated carbocycles. The van der Waals surface area contributed by atoms with E-state index in [0.29, 0.717) is 12.5 Å². The molecule has 0 amide bonds. The Hall–Kier alpha value is -0.570. The van der Waals surface area contributed by atoms with Crippen LogP contribution in [0.25, 0.3) is 0 Å². The largest absolute Gasteiger partial charge is 0.459 e. The Kier molecular flexibility index (Phi) is 9.00. The highest BCUT2D eigenvalue weighted by molar-refractivity contribution is 5.77. The van der Waals surface area contributed by atoms with Crippen LogP contribution < -0.4 is 0 Å². The molecule has 24 heavy (non-hydrogen) atoms. The molecule has 0 bridgehead atoms. The van der Waals surface area contributed by atoms with Gasteiger partial charge in [0, 0.05) is 13.0 Å². The monoisotopic (exact) mass is 342 g/mol. The molecule has 0 aromatic heterocycles. The Morgan fingerprint density at radius 3 is 1.92 bits per heavy atom. The second-order valence-electron chi connectivity index (χ2n) is 9.72. The highest BCUT2D eigenvalue weighted by Crippen LogP contribution is 2.41. The number of hydrogen-bond donors (Lipinski definition) is 0. The van der Waals surface area contributed by atoms with Crippen molar-refractivity contribution < 1.29 is 14.3 Å². The molecule has 0 rings (SSSR count). The maximum absolute atomic E-state index is 13.0. The molecule has 0 N–H and O–H groups in total. The fourth-order valence-electron chi connectivity index (χ4n) is 2.86. The van der Waals surface area contributed by atoms with Crippen LogP contribution in [0.15, 0.2) is 0 Å². The van der Waals surface area contributed by atoms with Crippen molar-refractivity contribution >= 4 is 5.97 Å². The fraction of sp³-hybridized carbons (Fsp3) is 0.952. The minimum atomic E-state index is -0.465. The Bertz CT molecular complexity index is 381. The summed E-state index contributed by atoms with van der Waals surface area (Å²) in [5.41, 5.74) is -0.837. The molecule has 0 heterocycles. The molecule has 3 nitrogen and oxygen atoms in total. The van der Waals surface area contributed by atoms with Gasteiger partial charge >= 0.3 is 5.97 Å². The molecular formula is C21H42O3. The first-order chi connectivity index (χ1) is 10.8. The average molecular weight is 343 g/mol. The van der Waals surface area contributed by atoms with Crippen molar-refractivity contribution in [1.82, 2.24) is 0 Å². The molecular weight excluding hydrogens is 300 g/mol. The zero-order valence-electron chi connectivity index (χ0n) is 17.9. The van der Waals surface area contributed by atoms with Gasteiger partial charge in [0.25, 0.3) is 0 Å². The SMILES string of the molecule is CCC(C)(CCOCC(C)C)OC(=O)C(C)(CC(C)(C)C)C(C)C. The summed E-state index contributed by atoms with van der Waals surface area (Å²) in [7, 11) is 0. The van der Waals surface area contributed by atoms with Gasteiger partial charge in [-0.05, 0) is 43.9 Å². The lowest BCUT2D eigenvalue weighted by Crippen LogP contribution is -2.43. The Morgan fingerprint density at radius 2 is 1.54 bits per heavy atom. The standard InChI is InChI=1S/C21H42O3/c1-11-20(9,12-13-23-14-16(2)3)24-18(22)21(10,17(4)5)15-19(6,7)8/h16-17H,11-15H2,1-10H3. The first kappa shape index (κ1) is 23.4. The zero-order chi connectivity index (χ0) is 19.2. The van der Waals surface area contributed by atoms with Crippen molar-refractivity contribution in [2.75, 3.05) is 13.2 Å². The summed E-state index contributed by atoms with van der Waals surface area (Å²) < 4.78 is 11.7. The summed E-state index contributed by atoms with van der Waals surface area (Å²) in [5, 5.41) is 0. The van der Waals surface area contributed by atoms with Crippen LogP contribution in [-0.4, -0.2) is 24.8 Å². The van der Waals surface area contributed by atoms with Gasteiger partial charge in [-0.15, -0.1) is 0 Å². The van der Waals surface area contributed by atoms with Crippen molar-refractivity contribution in [2.24, 2.45) is 22.7 Å². The van der Waals surface area contributed by atoms with E-state index in [1.54, 1.807) is 0 Å². The Labute approximate surface area is 150 Å². The van der Waals surface area contributed by atoms with Crippen molar-refractivity contribution in [3.05, 3.63) is 0 Å². The summed E-state index contributed by atoms with van der Waals surface area (Å²) >= 11 is 0. The van der Waals surface area contributed by atoms with Gasteiger partial charge in [-0.1, -0.05) is 55.4 Å². The van der Waals surface area contributed by atoms with Crippen LogP contribution in [0.2, 0.25) is 0 Å². The van der Waals surface area contributed by atoms with Crippen molar-refractivity contribution in [1.29, 1.82) is 0 Å². The normalized spacial score (nSPS) is 17.7. The van der Waals surface area contributed by atoms with Gasteiger partial charge in [0.15, 0.2) is 0 Å². The fourth-order valence-corrected chi connectivity index (χ4v) is 2.86. The van der Waals surface area contributed by atoms with Crippen LogP contribution in [0.4, 0.5) is 0 Å². The third-order valence-corrected chi connectivity index (χ3v) is 4.95. The number of carbonyl (C=O) groups is 1. The molecule has 0 aliphatic carbocycles. The van der Waals surface area contributed by atoms with Crippen LogP contribution >= 0.6 is 0 Å².